The van der Waals surface area contributed by atoms with E-state index in [-0.39, 0.29) is 16.0 Å². The van der Waals surface area contributed by atoms with Crippen LogP contribution < -0.4 is 5.56 Å². The molecule has 3 aromatic heterocycles. The molecule has 4 rings (SSSR count). The van der Waals surface area contributed by atoms with E-state index in [9.17, 15) is 4.79 Å². The number of pyridine rings is 1. The molecule has 1 N–H and O–H groups in total. The van der Waals surface area contributed by atoms with E-state index in [1.165, 1.54) is 0 Å². The minimum absolute atomic E-state index is 0.131. The van der Waals surface area contributed by atoms with Crippen molar-refractivity contribution in [1.82, 2.24) is 24.3 Å². The van der Waals surface area contributed by atoms with Crippen LogP contribution in [0.15, 0.2) is 64.6 Å². The lowest BCUT2D eigenvalue weighted by Crippen LogP contribution is -2.22. The number of rotatable bonds is 3. The molecule has 0 fully saturated rings. The zero-order chi connectivity index (χ0) is 18.1. The summed E-state index contributed by atoms with van der Waals surface area (Å²) < 4.78 is 3.17. The molecule has 0 spiro atoms. The van der Waals surface area contributed by atoms with Crippen LogP contribution in [-0.4, -0.2) is 30.5 Å². The van der Waals surface area contributed by atoms with E-state index < -0.39 is 0 Å². The zero-order valence-electron chi connectivity index (χ0n) is 13.8. The monoisotopic (exact) mass is 362 g/mol. The third-order valence-electron chi connectivity index (χ3n) is 3.92. The quantitative estimate of drug-likeness (QED) is 0.449. The maximum Gasteiger partial charge on any atom is 0.296 e. The Bertz CT molecular complexity index is 1240. The molecule has 0 saturated heterocycles. The average molecular weight is 362 g/mol. The summed E-state index contributed by atoms with van der Waals surface area (Å²) in [7, 11) is 0. The molecule has 0 bridgehead atoms. The van der Waals surface area contributed by atoms with Gasteiger partial charge in [0.25, 0.3) is 5.56 Å². The largest absolute Gasteiger partial charge is 0.298 e. The summed E-state index contributed by atoms with van der Waals surface area (Å²) in [6.07, 6.45) is 3.49. The number of aromatic nitrogens is 5. The highest BCUT2D eigenvalue weighted by Crippen LogP contribution is 2.23. The van der Waals surface area contributed by atoms with Crippen LogP contribution in [0.3, 0.4) is 0 Å². The van der Waals surface area contributed by atoms with Gasteiger partial charge in [-0.15, -0.1) is 0 Å². The summed E-state index contributed by atoms with van der Waals surface area (Å²) in [5.41, 5.74) is 3.20. The number of benzene rings is 1. The first-order valence-corrected chi connectivity index (χ1v) is 8.31. The molecular weight excluding hydrogens is 348 g/mol. The van der Waals surface area contributed by atoms with E-state index in [1.54, 1.807) is 13.1 Å². The van der Waals surface area contributed by atoms with Crippen LogP contribution in [0.2, 0.25) is 0 Å². The standard InChI is InChI=1S/C18H14N6OS/c1-12-17(25)24(18(26)22-21-12)19-11-14-16(13-7-3-2-4-8-13)20-15-9-5-6-10-23(14)15/h2-11H,1H3,(H,22,26)/b19-11+. The molecule has 0 aliphatic heterocycles. The van der Waals surface area contributed by atoms with Gasteiger partial charge in [-0.05, 0) is 31.3 Å². The normalized spacial score (nSPS) is 11.4. The van der Waals surface area contributed by atoms with Crippen molar-refractivity contribution in [2.75, 3.05) is 0 Å². The van der Waals surface area contributed by atoms with Gasteiger partial charge in [-0.1, -0.05) is 36.4 Å². The third kappa shape index (κ3) is 2.76. The van der Waals surface area contributed by atoms with E-state index in [0.717, 1.165) is 27.3 Å². The Morgan fingerprint density at radius 3 is 2.73 bits per heavy atom. The highest BCUT2D eigenvalue weighted by atomic mass is 32.1. The Kier molecular flexibility index (Phi) is 4.02. The van der Waals surface area contributed by atoms with E-state index in [0.29, 0.717) is 0 Å². The van der Waals surface area contributed by atoms with Gasteiger partial charge >= 0.3 is 0 Å². The Morgan fingerprint density at radius 2 is 1.92 bits per heavy atom. The molecule has 3 heterocycles. The fourth-order valence-corrected chi connectivity index (χ4v) is 2.81. The smallest absolute Gasteiger partial charge is 0.296 e. The predicted molar refractivity (Wildman–Crippen MR) is 102 cm³/mol. The number of imidazole rings is 1. The topological polar surface area (TPSA) is 80.3 Å². The lowest BCUT2D eigenvalue weighted by molar-refractivity contribution is 0.720. The number of nitrogens with one attached hydrogen (secondary N) is 1. The number of nitrogens with zero attached hydrogens (tertiary/aromatic N) is 5. The van der Waals surface area contributed by atoms with Gasteiger partial charge in [-0.25, -0.2) is 4.98 Å². The summed E-state index contributed by atoms with van der Waals surface area (Å²) in [4.78, 5) is 16.9. The number of hydrogen-bond donors (Lipinski definition) is 1. The van der Waals surface area contributed by atoms with Crippen LogP contribution >= 0.6 is 12.2 Å². The summed E-state index contributed by atoms with van der Waals surface area (Å²) in [5.74, 6) is 0. The predicted octanol–water partition coefficient (Wildman–Crippen LogP) is 2.81. The van der Waals surface area contributed by atoms with E-state index >= 15 is 0 Å². The van der Waals surface area contributed by atoms with Gasteiger partial charge in [0, 0.05) is 11.8 Å². The maximum atomic E-state index is 12.2. The summed E-state index contributed by atoms with van der Waals surface area (Å²) in [6, 6.07) is 15.6. The first-order valence-electron chi connectivity index (χ1n) is 7.90. The maximum absolute atomic E-state index is 12.2. The summed E-state index contributed by atoms with van der Waals surface area (Å²) >= 11 is 5.12. The molecule has 128 valence electrons. The van der Waals surface area contributed by atoms with Crippen LogP contribution in [0, 0.1) is 11.7 Å². The van der Waals surface area contributed by atoms with Gasteiger partial charge in [-0.2, -0.15) is 14.9 Å². The second kappa shape index (κ2) is 6.49. The zero-order valence-corrected chi connectivity index (χ0v) is 14.6. The van der Waals surface area contributed by atoms with Gasteiger partial charge in [-0.3, -0.25) is 14.3 Å². The highest BCUT2D eigenvalue weighted by molar-refractivity contribution is 7.71. The molecule has 8 heteroatoms. The van der Waals surface area contributed by atoms with Crippen molar-refractivity contribution in [2.45, 2.75) is 6.92 Å². The Balaban J connectivity index is 1.93. The molecule has 4 aromatic rings. The van der Waals surface area contributed by atoms with Crippen molar-refractivity contribution in [2.24, 2.45) is 5.10 Å². The summed E-state index contributed by atoms with van der Waals surface area (Å²) in [6.45, 7) is 1.60. The second-order valence-corrected chi connectivity index (χ2v) is 6.00. The lowest BCUT2D eigenvalue weighted by Gasteiger charge is -2.02. The average Bonchev–Trinajstić information content (AvgIpc) is 3.04. The van der Waals surface area contributed by atoms with E-state index in [2.05, 4.69) is 15.3 Å². The number of aromatic amines is 1. The van der Waals surface area contributed by atoms with E-state index in [1.807, 2.05) is 59.1 Å². The molecule has 1 aromatic carbocycles. The SMILES string of the molecule is Cc1n[nH]c(=S)n(/N=C/c2c(-c3ccccc3)nc3ccccn23)c1=O. The molecule has 26 heavy (non-hydrogen) atoms. The van der Waals surface area contributed by atoms with Crippen LogP contribution in [0.5, 0.6) is 0 Å². The summed E-state index contributed by atoms with van der Waals surface area (Å²) in [5, 5.41) is 10.7. The number of H-pyrrole nitrogens is 1. The molecule has 0 saturated carbocycles. The fourth-order valence-electron chi connectivity index (χ4n) is 2.64. The fraction of sp³-hybridized carbons (Fsp3) is 0.0556. The van der Waals surface area contributed by atoms with Gasteiger partial charge in [0.05, 0.1) is 17.6 Å². The van der Waals surface area contributed by atoms with Crippen LogP contribution in [0.4, 0.5) is 0 Å². The van der Waals surface area contributed by atoms with E-state index in [4.69, 9.17) is 17.2 Å². The molecular formula is C18H14N6OS. The van der Waals surface area contributed by atoms with Gasteiger partial charge in [0.1, 0.15) is 11.3 Å². The van der Waals surface area contributed by atoms with Crippen LogP contribution in [0.25, 0.3) is 16.9 Å². The van der Waals surface area contributed by atoms with Crippen LogP contribution in [0.1, 0.15) is 11.4 Å². The molecule has 0 radical (unpaired) electrons. The number of fused-ring (bicyclic) bond motifs is 1. The van der Waals surface area contributed by atoms with Crippen molar-refractivity contribution < 1.29 is 0 Å². The third-order valence-corrected chi connectivity index (χ3v) is 4.19. The van der Waals surface area contributed by atoms with Gasteiger partial charge in [0.15, 0.2) is 0 Å². The minimum Gasteiger partial charge on any atom is -0.298 e. The first-order chi connectivity index (χ1) is 12.6. The first kappa shape index (κ1) is 16.1. The molecule has 0 aliphatic carbocycles. The van der Waals surface area contributed by atoms with Crippen molar-refractivity contribution in [1.29, 1.82) is 0 Å². The number of hydrogen-bond acceptors (Lipinski definition) is 5. The lowest BCUT2D eigenvalue weighted by atomic mass is 10.1. The Labute approximate surface area is 153 Å². The Hall–Kier alpha value is -3.39. The molecule has 0 unspecified atom stereocenters. The van der Waals surface area contributed by atoms with Crippen molar-refractivity contribution >= 4 is 24.1 Å². The number of aryl methyl sites for hydroxylation is 1. The van der Waals surface area contributed by atoms with Crippen molar-refractivity contribution in [3.63, 3.8) is 0 Å². The molecule has 7 nitrogen and oxygen atoms in total. The second-order valence-electron chi connectivity index (χ2n) is 5.62. The van der Waals surface area contributed by atoms with Gasteiger partial charge < -0.3 is 0 Å². The van der Waals surface area contributed by atoms with Crippen molar-refractivity contribution in [3.8, 4) is 11.3 Å². The van der Waals surface area contributed by atoms with Crippen LogP contribution in [-0.2, 0) is 0 Å². The molecule has 0 amide bonds. The minimum atomic E-state index is -0.361. The van der Waals surface area contributed by atoms with Gasteiger partial charge in [0.2, 0.25) is 4.77 Å². The molecule has 0 atom stereocenters. The highest BCUT2D eigenvalue weighted by Gasteiger charge is 2.12. The Morgan fingerprint density at radius 1 is 1.15 bits per heavy atom. The van der Waals surface area contributed by atoms with Crippen molar-refractivity contribution in [3.05, 3.63) is 81.2 Å². The molecule has 0 aliphatic rings.